The Morgan fingerprint density at radius 1 is 1.09 bits per heavy atom. The van der Waals surface area contributed by atoms with Crippen molar-refractivity contribution in [3.8, 4) is 17.0 Å². The molecule has 0 aliphatic carbocycles. The molecule has 7 nitrogen and oxygen atoms in total. The Hall–Kier alpha value is -4.13. The number of hydrogen-bond donors (Lipinski definition) is 1. The summed E-state index contributed by atoms with van der Waals surface area (Å²) in [7, 11) is 1.56. The summed E-state index contributed by atoms with van der Waals surface area (Å²) in [6.07, 6.45) is 4.05. The van der Waals surface area contributed by atoms with Gasteiger partial charge < -0.3 is 19.4 Å². The van der Waals surface area contributed by atoms with Crippen LogP contribution in [0, 0.1) is 5.92 Å². The van der Waals surface area contributed by atoms with E-state index in [4.69, 9.17) is 4.74 Å². The lowest BCUT2D eigenvalue weighted by Crippen LogP contribution is -2.28. The Morgan fingerprint density at radius 3 is 2.69 bits per heavy atom. The van der Waals surface area contributed by atoms with Gasteiger partial charge in [0.1, 0.15) is 11.4 Å². The number of carbonyl (C=O) groups is 2. The van der Waals surface area contributed by atoms with Gasteiger partial charge in [0.25, 0.3) is 0 Å². The molecule has 1 saturated heterocycles. The number of imidazole rings is 1. The number of anilines is 2. The molecule has 160 valence electrons. The number of fused-ring (bicyclic) bond motifs is 1. The van der Waals surface area contributed by atoms with Crippen molar-refractivity contribution in [1.82, 2.24) is 9.38 Å². The first-order valence-corrected chi connectivity index (χ1v) is 10.4. The monoisotopic (exact) mass is 426 g/mol. The molecule has 0 radical (unpaired) electrons. The fourth-order valence-corrected chi connectivity index (χ4v) is 4.01. The van der Waals surface area contributed by atoms with Gasteiger partial charge in [-0.15, -0.1) is 0 Å². The van der Waals surface area contributed by atoms with Crippen LogP contribution in [0.2, 0.25) is 0 Å². The van der Waals surface area contributed by atoms with E-state index in [-0.39, 0.29) is 18.2 Å². The molecule has 4 aromatic rings. The molecule has 1 unspecified atom stereocenters. The molecule has 0 spiro atoms. The van der Waals surface area contributed by atoms with Gasteiger partial charge in [0.05, 0.1) is 24.4 Å². The highest BCUT2D eigenvalue weighted by atomic mass is 16.5. The number of rotatable bonds is 5. The highest BCUT2D eigenvalue weighted by molar-refractivity contribution is 6.04. The fraction of sp³-hybridized carbons (Fsp3) is 0.160. The number of aromatic nitrogens is 2. The molecule has 1 aliphatic rings. The molecule has 0 saturated carbocycles. The maximum atomic E-state index is 13.0. The van der Waals surface area contributed by atoms with Crippen LogP contribution >= 0.6 is 0 Å². The summed E-state index contributed by atoms with van der Waals surface area (Å²) in [6, 6.07) is 20.8. The smallest absolute Gasteiger partial charge is 0.229 e. The maximum absolute atomic E-state index is 13.0. The molecule has 0 bridgehead atoms. The summed E-state index contributed by atoms with van der Waals surface area (Å²) in [4.78, 5) is 31.8. The highest BCUT2D eigenvalue weighted by Gasteiger charge is 2.35. The number of ether oxygens (including phenoxy) is 1. The quantitative estimate of drug-likeness (QED) is 0.523. The van der Waals surface area contributed by atoms with Crippen molar-refractivity contribution in [2.45, 2.75) is 6.42 Å². The molecule has 2 amide bonds. The minimum absolute atomic E-state index is 0.0539. The largest absolute Gasteiger partial charge is 0.495 e. The van der Waals surface area contributed by atoms with Crippen LogP contribution < -0.4 is 15.0 Å². The van der Waals surface area contributed by atoms with Crippen LogP contribution in [-0.4, -0.2) is 34.9 Å². The molecular weight excluding hydrogens is 404 g/mol. The van der Waals surface area contributed by atoms with E-state index in [1.165, 1.54) is 0 Å². The Bertz CT molecular complexity index is 1270. The van der Waals surface area contributed by atoms with Crippen molar-refractivity contribution in [3.05, 3.63) is 79.1 Å². The lowest BCUT2D eigenvalue weighted by molar-refractivity contribution is -0.122. The van der Waals surface area contributed by atoms with Crippen molar-refractivity contribution >= 4 is 28.8 Å². The zero-order chi connectivity index (χ0) is 22.1. The van der Waals surface area contributed by atoms with Crippen LogP contribution in [0.25, 0.3) is 16.9 Å². The number of benzene rings is 2. The summed E-state index contributed by atoms with van der Waals surface area (Å²) in [5, 5.41) is 2.96. The van der Waals surface area contributed by atoms with Gasteiger partial charge >= 0.3 is 0 Å². The third kappa shape index (κ3) is 3.69. The number of para-hydroxylation sites is 1. The molecule has 1 fully saturated rings. The SMILES string of the molecule is COc1ccc(-c2cn3ccccc3n2)cc1NC(=O)C1CC(=O)N(c2ccccc2)C1. The normalized spacial score (nSPS) is 15.8. The number of hydrogen-bond acceptors (Lipinski definition) is 4. The molecule has 5 rings (SSSR count). The van der Waals surface area contributed by atoms with Crippen molar-refractivity contribution in [2.75, 3.05) is 23.9 Å². The highest BCUT2D eigenvalue weighted by Crippen LogP contribution is 2.32. The van der Waals surface area contributed by atoms with Gasteiger partial charge in [-0.2, -0.15) is 0 Å². The van der Waals surface area contributed by atoms with Gasteiger partial charge in [-0.1, -0.05) is 24.3 Å². The molecular formula is C25H22N4O3. The number of nitrogens with zero attached hydrogens (tertiary/aromatic N) is 3. The van der Waals surface area contributed by atoms with E-state index < -0.39 is 5.92 Å². The van der Waals surface area contributed by atoms with Gasteiger partial charge in [-0.25, -0.2) is 4.98 Å². The molecule has 1 N–H and O–H groups in total. The molecule has 3 heterocycles. The van der Waals surface area contributed by atoms with Gasteiger partial charge in [0.2, 0.25) is 11.8 Å². The van der Waals surface area contributed by atoms with E-state index in [0.717, 1.165) is 22.6 Å². The molecule has 2 aromatic carbocycles. The zero-order valence-corrected chi connectivity index (χ0v) is 17.6. The molecule has 1 aliphatic heterocycles. The van der Waals surface area contributed by atoms with Gasteiger partial charge in [0, 0.05) is 36.6 Å². The van der Waals surface area contributed by atoms with E-state index in [1.807, 2.05) is 83.5 Å². The van der Waals surface area contributed by atoms with Crippen molar-refractivity contribution < 1.29 is 14.3 Å². The zero-order valence-electron chi connectivity index (χ0n) is 17.6. The van der Waals surface area contributed by atoms with Crippen molar-refractivity contribution in [1.29, 1.82) is 0 Å². The number of carbonyl (C=O) groups excluding carboxylic acids is 2. The summed E-state index contributed by atoms with van der Waals surface area (Å²) in [6.45, 7) is 0.350. The number of amides is 2. The number of pyridine rings is 1. The number of methoxy groups -OCH3 is 1. The Morgan fingerprint density at radius 2 is 1.91 bits per heavy atom. The van der Waals surface area contributed by atoms with Crippen LogP contribution in [0.3, 0.4) is 0 Å². The van der Waals surface area contributed by atoms with Gasteiger partial charge in [0.15, 0.2) is 0 Å². The van der Waals surface area contributed by atoms with E-state index >= 15 is 0 Å². The lowest BCUT2D eigenvalue weighted by Gasteiger charge is -2.17. The molecule has 7 heteroatoms. The first-order valence-electron chi connectivity index (χ1n) is 10.4. The second-order valence-electron chi connectivity index (χ2n) is 7.74. The van der Waals surface area contributed by atoms with Crippen LogP contribution in [0.1, 0.15) is 6.42 Å². The van der Waals surface area contributed by atoms with Gasteiger partial charge in [-0.3, -0.25) is 9.59 Å². The van der Waals surface area contributed by atoms with Crippen molar-refractivity contribution in [2.24, 2.45) is 5.92 Å². The third-order valence-corrected chi connectivity index (χ3v) is 5.68. The minimum atomic E-state index is -0.439. The Labute approximate surface area is 185 Å². The summed E-state index contributed by atoms with van der Waals surface area (Å²) >= 11 is 0. The average molecular weight is 426 g/mol. The predicted octanol–water partition coefficient (Wildman–Crippen LogP) is 4.00. The van der Waals surface area contributed by atoms with Crippen LogP contribution in [-0.2, 0) is 9.59 Å². The standard InChI is InChI=1S/C25H22N4O3/c1-32-22-11-10-17(21-16-28-12-6-5-9-23(28)26-21)13-20(22)27-25(31)18-14-24(30)29(15-18)19-7-3-2-4-8-19/h2-13,16,18H,14-15H2,1H3,(H,27,31). The molecule has 1 atom stereocenters. The Balaban J connectivity index is 1.38. The van der Waals surface area contributed by atoms with E-state index in [2.05, 4.69) is 10.3 Å². The maximum Gasteiger partial charge on any atom is 0.229 e. The topological polar surface area (TPSA) is 75.9 Å². The fourth-order valence-electron chi connectivity index (χ4n) is 4.01. The average Bonchev–Trinajstić information content (AvgIpc) is 3.43. The first kappa shape index (κ1) is 19.8. The summed E-state index contributed by atoms with van der Waals surface area (Å²) in [5.41, 5.74) is 3.85. The van der Waals surface area contributed by atoms with Crippen LogP contribution in [0.15, 0.2) is 79.1 Å². The van der Waals surface area contributed by atoms with E-state index in [9.17, 15) is 9.59 Å². The second kappa shape index (κ2) is 8.19. The van der Waals surface area contributed by atoms with E-state index in [1.54, 1.807) is 12.0 Å². The van der Waals surface area contributed by atoms with Crippen LogP contribution in [0.5, 0.6) is 5.75 Å². The van der Waals surface area contributed by atoms with Gasteiger partial charge in [-0.05, 0) is 42.5 Å². The Kier molecular flexibility index (Phi) is 5.07. The predicted molar refractivity (Wildman–Crippen MR) is 123 cm³/mol. The third-order valence-electron chi connectivity index (χ3n) is 5.68. The number of nitrogens with one attached hydrogen (secondary N) is 1. The van der Waals surface area contributed by atoms with Crippen molar-refractivity contribution in [3.63, 3.8) is 0 Å². The first-order chi connectivity index (χ1) is 15.6. The minimum Gasteiger partial charge on any atom is -0.495 e. The van der Waals surface area contributed by atoms with E-state index in [0.29, 0.717) is 18.0 Å². The summed E-state index contributed by atoms with van der Waals surface area (Å²) in [5.74, 6) is -0.148. The molecule has 32 heavy (non-hydrogen) atoms. The molecule has 2 aromatic heterocycles. The second-order valence-corrected chi connectivity index (χ2v) is 7.74. The summed E-state index contributed by atoms with van der Waals surface area (Å²) < 4.78 is 7.40. The lowest BCUT2D eigenvalue weighted by atomic mass is 10.1. The van der Waals surface area contributed by atoms with Crippen LogP contribution in [0.4, 0.5) is 11.4 Å².